The Bertz CT molecular complexity index is 961. The van der Waals surface area contributed by atoms with Crippen molar-refractivity contribution in [1.29, 1.82) is 0 Å². The molecule has 0 atom stereocenters. The largest absolute Gasteiger partial charge is 0.494 e. The molecule has 0 fully saturated rings. The lowest BCUT2D eigenvalue weighted by Crippen LogP contribution is -2.13. The zero-order valence-corrected chi connectivity index (χ0v) is 14.9. The Balaban J connectivity index is 1.65. The minimum atomic E-state index is -0.0481. The number of nitrogens with one attached hydrogen (secondary N) is 3. The average Bonchev–Trinajstić information content (AvgIpc) is 3.05. The fourth-order valence-electron chi connectivity index (χ4n) is 2.38. The van der Waals surface area contributed by atoms with E-state index in [1.165, 1.54) is 6.07 Å². The van der Waals surface area contributed by atoms with Gasteiger partial charge in [-0.1, -0.05) is 0 Å². The van der Waals surface area contributed by atoms with Crippen molar-refractivity contribution in [3.63, 3.8) is 0 Å². The summed E-state index contributed by atoms with van der Waals surface area (Å²) in [6.07, 6.45) is 1.67. The molecule has 0 aromatic carbocycles. The summed E-state index contributed by atoms with van der Waals surface area (Å²) in [5.74, 6) is 2.03. The Labute approximate surface area is 156 Å². The second-order valence-corrected chi connectivity index (χ2v) is 5.81. The van der Waals surface area contributed by atoms with Gasteiger partial charge < -0.3 is 20.5 Å². The van der Waals surface area contributed by atoms with Crippen molar-refractivity contribution in [3.05, 3.63) is 53.1 Å². The summed E-state index contributed by atoms with van der Waals surface area (Å²) < 4.78 is 5.63. The predicted molar refractivity (Wildman–Crippen MR) is 102 cm³/mol. The van der Waals surface area contributed by atoms with Gasteiger partial charge in [-0.05, 0) is 37.6 Å². The Hall–Kier alpha value is -3.80. The highest BCUT2D eigenvalue weighted by Crippen LogP contribution is 2.30. The van der Waals surface area contributed by atoms with Crippen molar-refractivity contribution < 1.29 is 9.84 Å². The van der Waals surface area contributed by atoms with Gasteiger partial charge in [0.05, 0.1) is 12.8 Å². The highest BCUT2D eigenvalue weighted by molar-refractivity contribution is 5.73. The Morgan fingerprint density at radius 1 is 1.26 bits per heavy atom. The van der Waals surface area contributed by atoms with Gasteiger partial charge in [-0.15, -0.1) is 0 Å². The molecule has 3 rings (SSSR count). The lowest BCUT2D eigenvalue weighted by atomic mass is 10.2. The fraction of sp³-hybridized carbons (Fsp3) is 0.222. The molecule has 0 aliphatic rings. The molecule has 0 saturated carbocycles. The number of H-pyrrole nitrogens is 1. The van der Waals surface area contributed by atoms with E-state index < -0.39 is 0 Å². The minimum Gasteiger partial charge on any atom is -0.494 e. The SMILES string of the molecule is [C-]#[N+]c1c(C)cc(Nc2cc(O)[nH]n2)nc1NCCOc1ccc(C)nc1. The van der Waals surface area contributed by atoms with E-state index in [0.717, 1.165) is 11.3 Å². The first-order valence-corrected chi connectivity index (χ1v) is 8.25. The molecule has 3 aromatic heterocycles. The number of hydrogen-bond donors (Lipinski definition) is 4. The van der Waals surface area contributed by atoms with E-state index in [-0.39, 0.29) is 5.88 Å². The summed E-state index contributed by atoms with van der Waals surface area (Å²) in [4.78, 5) is 12.2. The predicted octanol–water partition coefficient (Wildman–Crippen LogP) is 3.31. The number of ether oxygens (including phenoxy) is 1. The number of hydrogen-bond acceptors (Lipinski definition) is 7. The van der Waals surface area contributed by atoms with E-state index in [9.17, 15) is 5.11 Å². The van der Waals surface area contributed by atoms with Crippen LogP contribution in [0.1, 0.15) is 11.3 Å². The first-order chi connectivity index (χ1) is 13.0. The van der Waals surface area contributed by atoms with Crippen LogP contribution in [0.4, 0.5) is 23.1 Å². The van der Waals surface area contributed by atoms with Crippen LogP contribution in [0.25, 0.3) is 4.85 Å². The lowest BCUT2D eigenvalue weighted by molar-refractivity contribution is 0.331. The minimum absolute atomic E-state index is 0.0481. The molecule has 0 spiro atoms. The molecule has 0 aliphatic carbocycles. The summed E-state index contributed by atoms with van der Waals surface area (Å²) in [5, 5.41) is 21.8. The molecule has 0 amide bonds. The molecular weight excluding hydrogens is 346 g/mol. The van der Waals surface area contributed by atoms with Crippen molar-refractivity contribution in [1.82, 2.24) is 20.2 Å². The number of aromatic hydroxyl groups is 1. The van der Waals surface area contributed by atoms with Crippen LogP contribution in [-0.2, 0) is 0 Å². The summed E-state index contributed by atoms with van der Waals surface area (Å²) in [6.45, 7) is 12.0. The van der Waals surface area contributed by atoms with Crippen LogP contribution in [-0.4, -0.2) is 38.4 Å². The highest BCUT2D eigenvalue weighted by atomic mass is 16.5. The first-order valence-electron chi connectivity index (χ1n) is 8.25. The molecule has 0 saturated heterocycles. The zero-order chi connectivity index (χ0) is 19.2. The second kappa shape index (κ2) is 8.05. The molecule has 9 heteroatoms. The van der Waals surface area contributed by atoms with Crippen LogP contribution in [0.2, 0.25) is 0 Å². The van der Waals surface area contributed by atoms with Gasteiger partial charge in [0.2, 0.25) is 11.6 Å². The number of aromatic amines is 1. The molecule has 0 unspecified atom stereocenters. The van der Waals surface area contributed by atoms with Crippen molar-refractivity contribution in [3.8, 4) is 11.6 Å². The summed E-state index contributed by atoms with van der Waals surface area (Å²) in [5.41, 5.74) is 2.15. The summed E-state index contributed by atoms with van der Waals surface area (Å²) in [6, 6.07) is 6.93. The average molecular weight is 365 g/mol. The third-order valence-corrected chi connectivity index (χ3v) is 3.66. The second-order valence-electron chi connectivity index (χ2n) is 5.81. The van der Waals surface area contributed by atoms with Crippen LogP contribution in [0, 0.1) is 20.4 Å². The third kappa shape index (κ3) is 4.64. The van der Waals surface area contributed by atoms with E-state index in [4.69, 9.17) is 11.3 Å². The monoisotopic (exact) mass is 365 g/mol. The van der Waals surface area contributed by atoms with Gasteiger partial charge in [0.1, 0.15) is 24.0 Å². The molecule has 9 nitrogen and oxygen atoms in total. The summed E-state index contributed by atoms with van der Waals surface area (Å²) in [7, 11) is 0. The van der Waals surface area contributed by atoms with E-state index in [1.807, 2.05) is 26.0 Å². The Morgan fingerprint density at radius 2 is 2.11 bits per heavy atom. The van der Waals surface area contributed by atoms with Gasteiger partial charge >= 0.3 is 0 Å². The molecule has 3 aromatic rings. The van der Waals surface area contributed by atoms with E-state index in [2.05, 4.69) is 35.6 Å². The van der Waals surface area contributed by atoms with Gasteiger partial charge in [0.25, 0.3) is 0 Å². The van der Waals surface area contributed by atoms with Crippen molar-refractivity contribution in [2.45, 2.75) is 13.8 Å². The van der Waals surface area contributed by atoms with Gasteiger partial charge in [-0.25, -0.2) is 14.9 Å². The fourth-order valence-corrected chi connectivity index (χ4v) is 2.38. The molecule has 27 heavy (non-hydrogen) atoms. The van der Waals surface area contributed by atoms with Gasteiger partial charge in [-0.2, -0.15) is 5.10 Å². The number of nitrogens with zero attached hydrogens (tertiary/aromatic N) is 4. The third-order valence-electron chi connectivity index (χ3n) is 3.66. The molecule has 0 bridgehead atoms. The van der Waals surface area contributed by atoms with Gasteiger partial charge in [-0.3, -0.25) is 4.98 Å². The maximum Gasteiger partial charge on any atom is 0.231 e. The topological polar surface area (TPSA) is 112 Å². The van der Waals surface area contributed by atoms with Crippen LogP contribution in [0.15, 0.2) is 30.5 Å². The van der Waals surface area contributed by atoms with Crippen LogP contribution < -0.4 is 15.4 Å². The number of aryl methyl sites for hydroxylation is 2. The van der Waals surface area contributed by atoms with Gasteiger partial charge in [0.15, 0.2) is 5.82 Å². The normalized spacial score (nSPS) is 10.3. The van der Waals surface area contributed by atoms with E-state index >= 15 is 0 Å². The highest BCUT2D eigenvalue weighted by Gasteiger charge is 2.11. The van der Waals surface area contributed by atoms with Crippen LogP contribution in [0.5, 0.6) is 11.6 Å². The summed E-state index contributed by atoms with van der Waals surface area (Å²) >= 11 is 0. The standard InChI is InChI=1S/C18H19N7O2/c1-11-8-14(22-15-9-16(26)25-24-15)23-18(17(11)19-3)20-6-7-27-13-5-4-12(2)21-10-13/h4-5,8-10H,6-7H2,1-2H3,(H4,20,22,23,24,25,26). The molecule has 0 aliphatic heterocycles. The lowest BCUT2D eigenvalue weighted by Gasteiger charge is -2.13. The number of pyridine rings is 2. The maximum atomic E-state index is 9.33. The molecule has 138 valence electrons. The zero-order valence-electron chi connectivity index (χ0n) is 14.9. The van der Waals surface area contributed by atoms with Crippen LogP contribution >= 0.6 is 0 Å². The quantitative estimate of drug-likeness (QED) is 0.375. The first kappa shape index (κ1) is 18.0. The maximum absolute atomic E-state index is 9.33. The van der Waals surface area contributed by atoms with Crippen molar-refractivity contribution in [2.24, 2.45) is 0 Å². The Morgan fingerprint density at radius 3 is 2.78 bits per heavy atom. The number of anilines is 3. The molecule has 0 radical (unpaired) electrons. The van der Waals surface area contributed by atoms with Crippen LogP contribution in [0.3, 0.4) is 0 Å². The Kier molecular flexibility index (Phi) is 5.37. The van der Waals surface area contributed by atoms with Crippen molar-refractivity contribution >= 4 is 23.1 Å². The molecule has 4 N–H and O–H groups in total. The van der Waals surface area contributed by atoms with Gasteiger partial charge in [0, 0.05) is 18.3 Å². The van der Waals surface area contributed by atoms with Crippen molar-refractivity contribution in [2.75, 3.05) is 23.8 Å². The molecule has 3 heterocycles. The number of aromatic nitrogens is 4. The van der Waals surface area contributed by atoms with E-state index in [0.29, 0.717) is 42.0 Å². The smallest absolute Gasteiger partial charge is 0.231 e. The number of rotatable bonds is 7. The molecular formula is C18H19N7O2. The van der Waals surface area contributed by atoms with E-state index in [1.54, 1.807) is 12.3 Å².